The average Bonchev–Trinajstić information content (AvgIpc) is 3.09. The van der Waals surface area contributed by atoms with E-state index in [1.54, 1.807) is 0 Å². The van der Waals surface area contributed by atoms with E-state index >= 15 is 0 Å². The molecular formula is C25H31ClN2O2SSi. The number of aryl methyl sites for hydroxylation is 1. The third-order valence-corrected chi connectivity index (χ3v) is 11.4. The third-order valence-electron chi connectivity index (χ3n) is 6.50. The van der Waals surface area contributed by atoms with E-state index in [1.807, 2.05) is 13.0 Å². The van der Waals surface area contributed by atoms with Crippen molar-refractivity contribution in [3.63, 3.8) is 0 Å². The van der Waals surface area contributed by atoms with Crippen molar-refractivity contribution in [1.82, 2.24) is 0 Å². The quantitative estimate of drug-likeness (QED) is 0.546. The van der Waals surface area contributed by atoms with Crippen LogP contribution >= 0.6 is 23.7 Å². The van der Waals surface area contributed by atoms with Gasteiger partial charge in [0, 0.05) is 50.4 Å². The number of carboxylic acid groups (broad SMARTS) is 1. The van der Waals surface area contributed by atoms with Crippen LogP contribution in [0.4, 0.5) is 11.4 Å². The second kappa shape index (κ2) is 8.58. The van der Waals surface area contributed by atoms with Gasteiger partial charge in [0.2, 0.25) is 0 Å². The fourth-order valence-corrected chi connectivity index (χ4v) is 9.07. The Bertz CT molecular complexity index is 1130. The Morgan fingerprint density at radius 3 is 1.75 bits per heavy atom. The molecule has 1 N–H and O–H groups in total. The number of thiophene rings is 1. The molecule has 1 aliphatic heterocycles. The van der Waals surface area contributed by atoms with E-state index in [-0.39, 0.29) is 18.3 Å². The number of halogens is 1. The lowest BCUT2D eigenvalue weighted by Gasteiger charge is -2.39. The van der Waals surface area contributed by atoms with Crippen LogP contribution in [0.15, 0.2) is 42.5 Å². The molecule has 0 atom stereocenters. The highest BCUT2D eigenvalue weighted by atomic mass is 35.5. The molecule has 170 valence electrons. The molecule has 0 saturated carbocycles. The van der Waals surface area contributed by atoms with Crippen LogP contribution in [0.3, 0.4) is 0 Å². The first-order valence-corrected chi connectivity index (χ1v) is 14.3. The summed E-state index contributed by atoms with van der Waals surface area (Å²) in [7, 11) is 6.36. The molecule has 3 aromatic rings. The largest absolute Gasteiger partial charge is 0.477 e. The minimum atomic E-state index is -1.96. The molecule has 2 heterocycles. The number of benzene rings is 2. The zero-order valence-corrected chi connectivity index (χ0v) is 22.3. The lowest BCUT2D eigenvalue weighted by molar-refractivity contribution is 0.0702. The van der Waals surface area contributed by atoms with Crippen molar-refractivity contribution in [2.45, 2.75) is 25.9 Å². The topological polar surface area (TPSA) is 43.8 Å². The number of carbonyl (C=O) groups is 1. The van der Waals surface area contributed by atoms with Crippen molar-refractivity contribution in [3.05, 3.63) is 68.9 Å². The minimum Gasteiger partial charge on any atom is -0.477 e. The molecule has 0 saturated heterocycles. The summed E-state index contributed by atoms with van der Waals surface area (Å²) < 4.78 is 0. The molecular weight excluding hydrogens is 456 g/mol. The van der Waals surface area contributed by atoms with Crippen LogP contribution in [-0.2, 0) is 0 Å². The zero-order valence-electron chi connectivity index (χ0n) is 19.7. The highest BCUT2D eigenvalue weighted by Crippen LogP contribution is 2.42. The van der Waals surface area contributed by atoms with E-state index in [4.69, 9.17) is 0 Å². The van der Waals surface area contributed by atoms with Gasteiger partial charge in [-0.25, -0.2) is 4.79 Å². The molecule has 0 spiro atoms. The second-order valence-electron chi connectivity index (χ2n) is 9.35. The average molecular weight is 487 g/mol. The van der Waals surface area contributed by atoms with Gasteiger partial charge in [0.25, 0.3) is 0 Å². The fraction of sp³-hybridized carbons (Fsp3) is 0.320. The Kier molecular flexibility index (Phi) is 6.53. The molecule has 0 unspecified atom stereocenters. The maximum atomic E-state index is 11.7. The van der Waals surface area contributed by atoms with Crippen LogP contribution < -0.4 is 20.2 Å². The molecule has 4 nitrogen and oxygen atoms in total. The van der Waals surface area contributed by atoms with Gasteiger partial charge < -0.3 is 14.9 Å². The van der Waals surface area contributed by atoms with Crippen LogP contribution in [-0.4, -0.2) is 47.3 Å². The number of nitrogens with zero attached hydrogens (tertiary/aromatic N) is 2. The Morgan fingerprint density at radius 2 is 1.38 bits per heavy atom. The summed E-state index contributed by atoms with van der Waals surface area (Å²) in [6, 6.07) is 15.5. The smallest absolute Gasteiger partial charge is 0.345 e. The lowest BCUT2D eigenvalue weighted by Crippen LogP contribution is -2.59. The van der Waals surface area contributed by atoms with Crippen molar-refractivity contribution < 1.29 is 9.90 Å². The number of hydrogen-bond donors (Lipinski definition) is 1. The highest BCUT2D eigenvalue weighted by molar-refractivity contribution is 7.14. The number of anilines is 2. The van der Waals surface area contributed by atoms with Gasteiger partial charge in [-0.05, 0) is 64.3 Å². The zero-order chi connectivity index (χ0) is 22.7. The van der Waals surface area contributed by atoms with Gasteiger partial charge in [-0.15, -0.1) is 23.7 Å². The van der Waals surface area contributed by atoms with Crippen LogP contribution in [0.2, 0.25) is 13.1 Å². The van der Waals surface area contributed by atoms with Crippen LogP contribution in [0.1, 0.15) is 37.2 Å². The predicted octanol–water partition coefficient (Wildman–Crippen LogP) is 4.62. The van der Waals surface area contributed by atoms with Crippen molar-refractivity contribution in [2.24, 2.45) is 0 Å². The van der Waals surface area contributed by atoms with Gasteiger partial charge >= 0.3 is 5.97 Å². The van der Waals surface area contributed by atoms with Gasteiger partial charge in [0.05, 0.1) is 0 Å². The van der Waals surface area contributed by atoms with E-state index in [2.05, 4.69) is 87.5 Å². The fourth-order valence-electron chi connectivity index (χ4n) is 4.71. The standard InChI is InChI=1S/C25H30N2O2SSi.ClH/c1-15-12-20(25(28)29)30-24(15)23-18-10-8-16(26(2)3)13-21(18)31(6,7)22-14-17(27(4)5)9-11-19(22)23;/h8-14,23H,1-7H3,(H,28,29);1H. The van der Waals surface area contributed by atoms with E-state index in [0.717, 1.165) is 10.4 Å². The summed E-state index contributed by atoms with van der Waals surface area (Å²) in [5.41, 5.74) is 6.13. The first kappa shape index (κ1) is 24.4. The van der Waals surface area contributed by atoms with Crippen LogP contribution in [0, 0.1) is 6.92 Å². The van der Waals surface area contributed by atoms with Crippen molar-refractivity contribution in [1.29, 1.82) is 0 Å². The van der Waals surface area contributed by atoms with Gasteiger partial charge in [0.15, 0.2) is 0 Å². The van der Waals surface area contributed by atoms with E-state index < -0.39 is 14.0 Å². The molecule has 32 heavy (non-hydrogen) atoms. The van der Waals surface area contributed by atoms with Gasteiger partial charge in [0.1, 0.15) is 13.0 Å². The molecule has 4 rings (SSSR count). The Morgan fingerprint density at radius 1 is 0.906 bits per heavy atom. The molecule has 0 fully saturated rings. The molecule has 0 radical (unpaired) electrons. The summed E-state index contributed by atoms with van der Waals surface area (Å²) in [6.07, 6.45) is 0. The van der Waals surface area contributed by atoms with Crippen molar-refractivity contribution in [2.75, 3.05) is 38.0 Å². The summed E-state index contributed by atoms with van der Waals surface area (Å²) in [5, 5.41) is 12.5. The summed E-state index contributed by atoms with van der Waals surface area (Å²) in [6.45, 7) is 6.91. The SMILES string of the molecule is Cc1cc(C(=O)O)sc1C1c2ccc(N(C)C)cc2[Si](C)(C)c2cc(N(C)C)ccc21.Cl. The molecule has 7 heteroatoms. The van der Waals surface area contributed by atoms with Gasteiger partial charge in [-0.1, -0.05) is 25.2 Å². The Labute approximate surface area is 201 Å². The number of hydrogen-bond acceptors (Lipinski definition) is 4. The molecule has 0 amide bonds. The first-order valence-electron chi connectivity index (χ1n) is 10.5. The van der Waals surface area contributed by atoms with Crippen LogP contribution in [0.25, 0.3) is 0 Å². The maximum Gasteiger partial charge on any atom is 0.345 e. The maximum absolute atomic E-state index is 11.7. The first-order chi connectivity index (χ1) is 14.5. The van der Waals surface area contributed by atoms with E-state index in [1.165, 1.54) is 44.2 Å². The Hall–Kier alpha value is -2.28. The molecule has 0 aliphatic carbocycles. The summed E-state index contributed by atoms with van der Waals surface area (Å²) in [4.78, 5) is 17.6. The Balaban J connectivity index is 0.00000289. The molecule has 0 bridgehead atoms. The lowest BCUT2D eigenvalue weighted by atomic mass is 9.87. The summed E-state index contributed by atoms with van der Waals surface area (Å²) >= 11 is 1.42. The van der Waals surface area contributed by atoms with Crippen molar-refractivity contribution >= 4 is 59.5 Å². The number of carboxylic acids is 1. The normalized spacial score (nSPS) is 14.2. The number of rotatable bonds is 4. The van der Waals surface area contributed by atoms with Crippen molar-refractivity contribution in [3.8, 4) is 0 Å². The van der Waals surface area contributed by atoms with E-state index in [9.17, 15) is 9.90 Å². The molecule has 1 aromatic heterocycles. The molecule has 1 aliphatic rings. The second-order valence-corrected chi connectivity index (χ2v) is 14.8. The van der Waals surface area contributed by atoms with Crippen LogP contribution in [0.5, 0.6) is 0 Å². The third kappa shape index (κ3) is 3.85. The van der Waals surface area contributed by atoms with Gasteiger partial charge in [-0.2, -0.15) is 0 Å². The number of aromatic carboxylic acids is 1. The molecule has 2 aromatic carbocycles. The summed E-state index contributed by atoms with van der Waals surface area (Å²) in [5.74, 6) is -0.785. The van der Waals surface area contributed by atoms with E-state index in [0.29, 0.717) is 4.88 Å². The highest BCUT2D eigenvalue weighted by Gasteiger charge is 2.41. The monoisotopic (exact) mass is 486 g/mol. The number of fused-ring (bicyclic) bond motifs is 2. The minimum absolute atomic E-state index is 0. The van der Waals surface area contributed by atoms with Gasteiger partial charge in [-0.3, -0.25) is 0 Å². The predicted molar refractivity (Wildman–Crippen MR) is 142 cm³/mol.